The molecular formula is C23H26N4O4. The smallest absolute Gasteiger partial charge is 0.335 e. The second-order valence-corrected chi connectivity index (χ2v) is 7.96. The number of hydrogen-bond donors (Lipinski definition) is 2. The monoisotopic (exact) mass is 422 g/mol. The number of rotatable bonds is 7. The number of aliphatic carboxylic acids is 1. The third-order valence-electron chi connectivity index (χ3n) is 6.03. The molecule has 1 aliphatic heterocycles. The molecule has 0 radical (unpaired) electrons. The molecule has 1 unspecified atom stereocenters. The molecule has 3 aromatic rings. The number of piperazine rings is 1. The Hall–Kier alpha value is -3.23. The van der Waals surface area contributed by atoms with Gasteiger partial charge in [0.25, 0.3) is 0 Å². The standard InChI is InChI=1S/C23H26N4O4/c1-25-15-19(18-14-17(22(28)29)2-3-20(18)25)21(23(30)31)27-12-10-26(11-13-27)9-6-16-4-7-24-8-5-16/h2-5,7-8,14-15,21H,6,9-13H2,1H3,(H,28,29)(H,30,31). The van der Waals surface area contributed by atoms with Crippen LogP contribution in [-0.4, -0.2) is 74.2 Å². The highest BCUT2D eigenvalue weighted by molar-refractivity contribution is 5.96. The zero-order valence-corrected chi connectivity index (χ0v) is 17.4. The van der Waals surface area contributed by atoms with Gasteiger partial charge in [-0.05, 0) is 42.3 Å². The van der Waals surface area contributed by atoms with Crippen LogP contribution in [0.2, 0.25) is 0 Å². The first kappa shape index (κ1) is 21.0. The lowest BCUT2D eigenvalue weighted by atomic mass is 10.0. The molecule has 1 atom stereocenters. The fourth-order valence-corrected chi connectivity index (χ4v) is 4.34. The van der Waals surface area contributed by atoms with Gasteiger partial charge in [-0.1, -0.05) is 0 Å². The molecule has 8 heteroatoms. The lowest BCUT2D eigenvalue weighted by molar-refractivity contribution is -0.144. The Kier molecular flexibility index (Phi) is 6.01. The minimum atomic E-state index is -1.02. The van der Waals surface area contributed by atoms with Crippen LogP contribution in [0.5, 0.6) is 0 Å². The van der Waals surface area contributed by atoms with E-state index in [0.717, 1.165) is 31.6 Å². The maximum Gasteiger partial charge on any atom is 0.335 e. The summed E-state index contributed by atoms with van der Waals surface area (Å²) in [6, 6.07) is 8.08. The summed E-state index contributed by atoms with van der Waals surface area (Å²) < 4.78 is 1.86. The first-order chi connectivity index (χ1) is 14.9. The fraction of sp³-hybridized carbons (Fsp3) is 0.348. The van der Waals surface area contributed by atoms with Crippen molar-refractivity contribution in [2.45, 2.75) is 12.5 Å². The van der Waals surface area contributed by atoms with Crippen LogP contribution >= 0.6 is 0 Å². The lowest BCUT2D eigenvalue weighted by Crippen LogP contribution is -2.49. The maximum absolute atomic E-state index is 12.3. The molecule has 0 aliphatic carbocycles. The van der Waals surface area contributed by atoms with E-state index < -0.39 is 18.0 Å². The van der Waals surface area contributed by atoms with Crippen LogP contribution in [0.15, 0.2) is 48.9 Å². The Labute approximate surface area is 180 Å². The number of carbonyl (C=O) groups is 2. The van der Waals surface area contributed by atoms with Gasteiger partial charge in [-0.15, -0.1) is 0 Å². The molecule has 8 nitrogen and oxygen atoms in total. The number of aromatic carboxylic acids is 1. The number of aryl methyl sites for hydroxylation is 1. The van der Waals surface area contributed by atoms with Crippen molar-refractivity contribution >= 4 is 22.8 Å². The first-order valence-electron chi connectivity index (χ1n) is 10.3. The van der Waals surface area contributed by atoms with Crippen molar-refractivity contribution in [1.29, 1.82) is 0 Å². The molecule has 3 heterocycles. The summed E-state index contributed by atoms with van der Waals surface area (Å²) >= 11 is 0. The summed E-state index contributed by atoms with van der Waals surface area (Å²) in [4.78, 5) is 32.1. The molecule has 1 aromatic carbocycles. The predicted octanol–water partition coefficient (Wildman–Crippen LogP) is 2.26. The molecule has 1 aliphatic rings. The average molecular weight is 422 g/mol. The summed E-state index contributed by atoms with van der Waals surface area (Å²) in [5, 5.41) is 20.1. The van der Waals surface area contributed by atoms with Gasteiger partial charge in [-0.2, -0.15) is 0 Å². The summed E-state index contributed by atoms with van der Waals surface area (Å²) in [7, 11) is 1.85. The molecule has 31 heavy (non-hydrogen) atoms. The van der Waals surface area contributed by atoms with Crippen molar-refractivity contribution in [1.82, 2.24) is 19.4 Å². The highest BCUT2D eigenvalue weighted by atomic mass is 16.4. The van der Waals surface area contributed by atoms with E-state index in [1.807, 2.05) is 34.8 Å². The Morgan fingerprint density at radius 3 is 2.42 bits per heavy atom. The molecule has 2 N–H and O–H groups in total. The van der Waals surface area contributed by atoms with Gasteiger partial charge in [0.15, 0.2) is 0 Å². The normalized spacial score (nSPS) is 16.4. The quantitative estimate of drug-likeness (QED) is 0.603. The topological polar surface area (TPSA) is 98.9 Å². The minimum absolute atomic E-state index is 0.157. The van der Waals surface area contributed by atoms with Crippen molar-refractivity contribution < 1.29 is 19.8 Å². The summed E-state index contributed by atoms with van der Waals surface area (Å²) in [6.45, 7) is 3.79. The van der Waals surface area contributed by atoms with E-state index in [1.54, 1.807) is 30.6 Å². The third kappa shape index (κ3) is 4.45. The number of nitrogens with zero attached hydrogens (tertiary/aromatic N) is 4. The van der Waals surface area contributed by atoms with Crippen molar-refractivity contribution in [3.63, 3.8) is 0 Å². The number of carboxylic acid groups (broad SMARTS) is 2. The Morgan fingerprint density at radius 2 is 1.77 bits per heavy atom. The molecule has 0 saturated carbocycles. The van der Waals surface area contributed by atoms with Crippen LogP contribution in [0.4, 0.5) is 0 Å². The summed E-state index contributed by atoms with van der Waals surface area (Å²) in [6.07, 6.45) is 6.34. The molecule has 0 bridgehead atoms. The summed E-state index contributed by atoms with van der Waals surface area (Å²) in [5.74, 6) is -1.94. The first-order valence-corrected chi connectivity index (χ1v) is 10.3. The van der Waals surface area contributed by atoms with E-state index in [0.29, 0.717) is 24.0 Å². The Balaban J connectivity index is 1.51. The van der Waals surface area contributed by atoms with Crippen molar-refractivity contribution in [2.75, 3.05) is 32.7 Å². The van der Waals surface area contributed by atoms with E-state index >= 15 is 0 Å². The van der Waals surface area contributed by atoms with E-state index in [1.165, 1.54) is 5.56 Å². The number of fused-ring (bicyclic) bond motifs is 1. The number of pyridine rings is 1. The highest BCUT2D eigenvalue weighted by Gasteiger charge is 2.32. The van der Waals surface area contributed by atoms with Crippen LogP contribution in [-0.2, 0) is 18.3 Å². The largest absolute Gasteiger partial charge is 0.480 e. The Bertz CT molecular complexity index is 1090. The molecule has 162 valence electrons. The van der Waals surface area contributed by atoms with E-state index in [9.17, 15) is 19.8 Å². The van der Waals surface area contributed by atoms with Gasteiger partial charge in [0.1, 0.15) is 6.04 Å². The van der Waals surface area contributed by atoms with E-state index in [-0.39, 0.29) is 5.56 Å². The van der Waals surface area contributed by atoms with Crippen LogP contribution < -0.4 is 0 Å². The van der Waals surface area contributed by atoms with Gasteiger partial charge in [0, 0.05) is 74.8 Å². The highest BCUT2D eigenvalue weighted by Crippen LogP contribution is 2.31. The average Bonchev–Trinajstić information content (AvgIpc) is 3.09. The van der Waals surface area contributed by atoms with Gasteiger partial charge >= 0.3 is 11.9 Å². The predicted molar refractivity (Wildman–Crippen MR) is 116 cm³/mol. The number of benzene rings is 1. The minimum Gasteiger partial charge on any atom is -0.480 e. The van der Waals surface area contributed by atoms with Crippen molar-refractivity contribution in [2.24, 2.45) is 7.05 Å². The van der Waals surface area contributed by atoms with Gasteiger partial charge in [-0.3, -0.25) is 14.7 Å². The second-order valence-electron chi connectivity index (χ2n) is 7.96. The molecule has 4 rings (SSSR count). The van der Waals surface area contributed by atoms with Crippen molar-refractivity contribution in [3.05, 3.63) is 65.6 Å². The Morgan fingerprint density at radius 1 is 1.06 bits per heavy atom. The van der Waals surface area contributed by atoms with Gasteiger partial charge in [0.2, 0.25) is 0 Å². The van der Waals surface area contributed by atoms with Crippen LogP contribution in [0.1, 0.15) is 27.5 Å². The van der Waals surface area contributed by atoms with Crippen LogP contribution in [0.3, 0.4) is 0 Å². The molecule has 1 fully saturated rings. The van der Waals surface area contributed by atoms with Crippen LogP contribution in [0.25, 0.3) is 10.9 Å². The summed E-state index contributed by atoms with van der Waals surface area (Å²) in [5.41, 5.74) is 2.86. The molecular weight excluding hydrogens is 396 g/mol. The zero-order valence-electron chi connectivity index (χ0n) is 17.4. The number of hydrogen-bond acceptors (Lipinski definition) is 5. The maximum atomic E-state index is 12.3. The van der Waals surface area contributed by atoms with Gasteiger partial charge in [-0.25, -0.2) is 4.79 Å². The second kappa shape index (κ2) is 8.87. The molecule has 0 spiro atoms. The van der Waals surface area contributed by atoms with Crippen LogP contribution in [0, 0.1) is 0 Å². The molecule has 0 amide bonds. The SMILES string of the molecule is Cn1cc(C(C(=O)O)N2CCN(CCc3ccncc3)CC2)c2cc(C(=O)O)ccc21. The fourth-order valence-electron chi connectivity index (χ4n) is 4.34. The van der Waals surface area contributed by atoms with Crippen molar-refractivity contribution in [3.8, 4) is 0 Å². The lowest BCUT2D eigenvalue weighted by Gasteiger charge is -2.37. The number of carboxylic acids is 2. The zero-order chi connectivity index (χ0) is 22.0. The molecule has 2 aromatic heterocycles. The van der Waals surface area contributed by atoms with E-state index in [4.69, 9.17) is 0 Å². The van der Waals surface area contributed by atoms with Gasteiger partial charge in [0.05, 0.1) is 5.56 Å². The van der Waals surface area contributed by atoms with Gasteiger partial charge < -0.3 is 19.7 Å². The third-order valence-corrected chi connectivity index (χ3v) is 6.03. The molecule has 1 saturated heterocycles. The number of aromatic nitrogens is 2. The van der Waals surface area contributed by atoms with E-state index in [2.05, 4.69) is 9.88 Å².